The van der Waals surface area contributed by atoms with Gasteiger partial charge in [0.2, 0.25) is 5.56 Å². The van der Waals surface area contributed by atoms with Crippen LogP contribution >= 0.6 is 11.3 Å². The molecule has 2 N–H and O–H groups in total. The molecule has 90 valence electrons. The highest BCUT2D eigenvalue weighted by molar-refractivity contribution is 7.14. The Labute approximate surface area is 103 Å². The predicted molar refractivity (Wildman–Crippen MR) is 68.0 cm³/mol. The van der Waals surface area contributed by atoms with Crippen LogP contribution in [0.25, 0.3) is 10.6 Å². The summed E-state index contributed by atoms with van der Waals surface area (Å²) in [5.74, 6) is 0. The Morgan fingerprint density at radius 1 is 1.47 bits per heavy atom. The quantitative estimate of drug-likeness (QED) is 0.787. The molecule has 5 nitrogen and oxygen atoms in total. The molecule has 0 saturated carbocycles. The highest BCUT2D eigenvalue weighted by Gasteiger charge is 2.06. The lowest BCUT2D eigenvalue weighted by molar-refractivity contribution is 0.668. The molecule has 0 amide bonds. The number of nitrogens with one attached hydrogen (secondary N) is 2. The van der Waals surface area contributed by atoms with Gasteiger partial charge >= 0.3 is 0 Å². The molecular formula is C11H14N4OS. The van der Waals surface area contributed by atoms with Crippen molar-refractivity contribution in [3.8, 4) is 10.6 Å². The van der Waals surface area contributed by atoms with E-state index in [0.717, 1.165) is 35.1 Å². The molecule has 0 saturated heterocycles. The van der Waals surface area contributed by atoms with Gasteiger partial charge < -0.3 is 10.3 Å². The van der Waals surface area contributed by atoms with Crippen LogP contribution in [-0.2, 0) is 6.54 Å². The fraction of sp³-hybridized carbons (Fsp3) is 0.364. The van der Waals surface area contributed by atoms with E-state index in [1.165, 1.54) is 17.4 Å². The lowest BCUT2D eigenvalue weighted by atomic mass is 10.3. The summed E-state index contributed by atoms with van der Waals surface area (Å²) in [6.07, 6.45) is 2.72. The zero-order valence-electron chi connectivity index (χ0n) is 9.56. The van der Waals surface area contributed by atoms with E-state index in [1.807, 2.05) is 6.07 Å². The summed E-state index contributed by atoms with van der Waals surface area (Å²) in [5.41, 5.74) is 0.691. The van der Waals surface area contributed by atoms with Gasteiger partial charge in [0.05, 0.1) is 0 Å². The normalized spacial score (nSPS) is 10.6. The zero-order valence-corrected chi connectivity index (χ0v) is 10.4. The first-order valence-corrected chi connectivity index (χ1v) is 6.33. The van der Waals surface area contributed by atoms with Crippen LogP contribution in [0.1, 0.15) is 18.4 Å². The van der Waals surface area contributed by atoms with Crippen LogP contribution in [0.3, 0.4) is 0 Å². The molecule has 0 aliphatic carbocycles. The van der Waals surface area contributed by atoms with Crippen LogP contribution in [0.15, 0.2) is 23.1 Å². The smallest absolute Gasteiger partial charge is 0.248 e. The van der Waals surface area contributed by atoms with Gasteiger partial charge in [-0.05, 0) is 19.0 Å². The van der Waals surface area contributed by atoms with Crippen LogP contribution in [0.5, 0.6) is 0 Å². The highest BCUT2D eigenvalue weighted by Crippen LogP contribution is 2.21. The lowest BCUT2D eigenvalue weighted by Crippen LogP contribution is -2.13. The van der Waals surface area contributed by atoms with E-state index < -0.39 is 0 Å². The summed E-state index contributed by atoms with van der Waals surface area (Å²) in [7, 11) is 0. The van der Waals surface area contributed by atoms with Gasteiger partial charge in [-0.1, -0.05) is 18.3 Å². The number of hydrogen-bond donors (Lipinski definition) is 2. The molecule has 0 atom stereocenters. The van der Waals surface area contributed by atoms with Crippen molar-refractivity contribution in [3.63, 3.8) is 0 Å². The second-order valence-electron chi connectivity index (χ2n) is 3.62. The average Bonchev–Trinajstić information content (AvgIpc) is 2.78. The number of H-pyrrole nitrogens is 1. The van der Waals surface area contributed by atoms with Gasteiger partial charge in [0, 0.05) is 24.4 Å². The second-order valence-corrected chi connectivity index (χ2v) is 4.68. The molecule has 0 radical (unpaired) electrons. The minimum atomic E-state index is -0.122. The van der Waals surface area contributed by atoms with E-state index in [1.54, 1.807) is 6.20 Å². The van der Waals surface area contributed by atoms with Crippen molar-refractivity contribution in [1.29, 1.82) is 0 Å². The Bertz CT molecular complexity index is 534. The topological polar surface area (TPSA) is 70.7 Å². The van der Waals surface area contributed by atoms with Crippen molar-refractivity contribution in [2.24, 2.45) is 0 Å². The maximum Gasteiger partial charge on any atom is 0.248 e. The summed E-state index contributed by atoms with van der Waals surface area (Å²) >= 11 is 1.51. The fourth-order valence-electron chi connectivity index (χ4n) is 1.39. The number of pyridine rings is 1. The molecule has 17 heavy (non-hydrogen) atoms. The lowest BCUT2D eigenvalue weighted by Gasteiger charge is -1.96. The molecule has 0 aliphatic heterocycles. The maximum atomic E-state index is 11.2. The number of aromatic amines is 1. The predicted octanol–water partition coefficient (Wildman–Crippen LogP) is 1.39. The van der Waals surface area contributed by atoms with E-state index >= 15 is 0 Å². The molecule has 0 unspecified atom stereocenters. The monoisotopic (exact) mass is 250 g/mol. The Hall–Kier alpha value is -1.53. The largest absolute Gasteiger partial charge is 0.329 e. The van der Waals surface area contributed by atoms with Crippen LogP contribution in [0.4, 0.5) is 0 Å². The first kappa shape index (κ1) is 11.9. The third-order valence-corrected chi connectivity index (χ3v) is 3.16. The van der Waals surface area contributed by atoms with Crippen LogP contribution in [-0.4, -0.2) is 21.7 Å². The van der Waals surface area contributed by atoms with Crippen molar-refractivity contribution >= 4 is 11.3 Å². The standard InChI is InChI=1S/C11H14N4OS/c1-2-4-12-7-10-14-15-11(17-10)8-3-5-13-9(16)6-8/h3,5-6,12H,2,4,7H2,1H3,(H,13,16). The number of aromatic nitrogens is 3. The summed E-state index contributed by atoms with van der Waals surface area (Å²) in [4.78, 5) is 13.7. The first-order valence-electron chi connectivity index (χ1n) is 5.52. The summed E-state index contributed by atoms with van der Waals surface area (Å²) in [5, 5.41) is 13.2. The molecule has 2 rings (SSSR count). The average molecular weight is 250 g/mol. The molecule has 0 fully saturated rings. The van der Waals surface area contributed by atoms with Gasteiger partial charge in [0.1, 0.15) is 10.0 Å². The molecule has 0 aliphatic rings. The molecular weight excluding hydrogens is 236 g/mol. The zero-order chi connectivity index (χ0) is 12.1. The SMILES string of the molecule is CCCNCc1nnc(-c2cc[nH]c(=O)c2)s1. The van der Waals surface area contributed by atoms with Crippen LogP contribution in [0, 0.1) is 0 Å². The molecule has 0 aromatic carbocycles. The Kier molecular flexibility index (Phi) is 4.00. The summed E-state index contributed by atoms with van der Waals surface area (Å²) < 4.78 is 0. The molecule has 0 bridgehead atoms. The minimum absolute atomic E-state index is 0.122. The molecule has 0 spiro atoms. The van der Waals surface area contributed by atoms with E-state index in [9.17, 15) is 4.79 Å². The molecule has 2 aromatic heterocycles. The van der Waals surface area contributed by atoms with Gasteiger partial charge in [-0.25, -0.2) is 0 Å². The maximum absolute atomic E-state index is 11.2. The van der Waals surface area contributed by atoms with Crippen molar-refractivity contribution in [3.05, 3.63) is 33.7 Å². The van der Waals surface area contributed by atoms with E-state index in [4.69, 9.17) is 0 Å². The van der Waals surface area contributed by atoms with Crippen LogP contribution in [0.2, 0.25) is 0 Å². The van der Waals surface area contributed by atoms with Gasteiger partial charge in [-0.2, -0.15) is 0 Å². The summed E-state index contributed by atoms with van der Waals surface area (Å²) in [6, 6.07) is 3.36. The third-order valence-electron chi connectivity index (χ3n) is 2.19. The van der Waals surface area contributed by atoms with E-state index in [0.29, 0.717) is 0 Å². The third kappa shape index (κ3) is 3.21. The van der Waals surface area contributed by atoms with Gasteiger partial charge in [0.15, 0.2) is 0 Å². The Morgan fingerprint density at radius 3 is 3.12 bits per heavy atom. The van der Waals surface area contributed by atoms with Crippen LogP contribution < -0.4 is 10.9 Å². The molecule has 6 heteroatoms. The van der Waals surface area contributed by atoms with E-state index in [-0.39, 0.29) is 5.56 Å². The Morgan fingerprint density at radius 2 is 2.35 bits per heavy atom. The second kappa shape index (κ2) is 5.70. The van der Waals surface area contributed by atoms with Crippen molar-refractivity contribution in [2.75, 3.05) is 6.54 Å². The van der Waals surface area contributed by atoms with Gasteiger partial charge in [-0.15, -0.1) is 10.2 Å². The number of hydrogen-bond acceptors (Lipinski definition) is 5. The number of nitrogens with zero attached hydrogens (tertiary/aromatic N) is 2. The fourth-order valence-corrected chi connectivity index (χ4v) is 2.20. The van der Waals surface area contributed by atoms with Gasteiger partial charge in [-0.3, -0.25) is 4.79 Å². The highest BCUT2D eigenvalue weighted by atomic mass is 32.1. The minimum Gasteiger partial charge on any atom is -0.329 e. The Balaban J connectivity index is 2.10. The molecule has 2 heterocycles. The van der Waals surface area contributed by atoms with E-state index in [2.05, 4.69) is 27.4 Å². The first-order chi connectivity index (χ1) is 8.29. The van der Waals surface area contributed by atoms with Crippen molar-refractivity contribution in [1.82, 2.24) is 20.5 Å². The number of rotatable bonds is 5. The molecule has 2 aromatic rings. The van der Waals surface area contributed by atoms with Gasteiger partial charge in [0.25, 0.3) is 0 Å². The van der Waals surface area contributed by atoms with Crippen molar-refractivity contribution < 1.29 is 0 Å². The summed E-state index contributed by atoms with van der Waals surface area (Å²) in [6.45, 7) is 3.82. The van der Waals surface area contributed by atoms with Crippen molar-refractivity contribution in [2.45, 2.75) is 19.9 Å².